The lowest BCUT2D eigenvalue weighted by molar-refractivity contribution is -0.168. The van der Waals surface area contributed by atoms with Gasteiger partial charge in [-0.1, -0.05) is 19.6 Å². The summed E-state index contributed by atoms with van der Waals surface area (Å²) in [5.74, 6) is -2.29. The second-order valence-electron chi connectivity index (χ2n) is 13.1. The Balaban J connectivity index is 6.06. The maximum atomic E-state index is 13.2. The number of carbonyl (C=O) groups excluding carboxylic acids is 4. The van der Waals surface area contributed by atoms with Crippen LogP contribution in [0.1, 0.15) is 68.7 Å². The first-order chi connectivity index (χ1) is 15.9. The van der Waals surface area contributed by atoms with Crippen LogP contribution in [-0.2, 0) is 33.3 Å². The maximum Gasteiger partial charge on any atom is 0.411 e. The molecule has 2 N–H and O–H groups in total. The van der Waals surface area contributed by atoms with E-state index >= 15 is 0 Å². The van der Waals surface area contributed by atoms with Crippen molar-refractivity contribution in [1.29, 1.82) is 0 Å². The minimum atomic E-state index is -1.44. The van der Waals surface area contributed by atoms with Gasteiger partial charge < -0.3 is 24.7 Å². The average Bonchev–Trinajstić information content (AvgIpc) is 2.58. The van der Waals surface area contributed by atoms with Crippen LogP contribution in [0.5, 0.6) is 0 Å². The van der Waals surface area contributed by atoms with Gasteiger partial charge in [0.2, 0.25) is 0 Å². The zero-order valence-electron chi connectivity index (χ0n) is 24.3. The van der Waals surface area contributed by atoms with Crippen LogP contribution in [-0.4, -0.2) is 79.0 Å². The highest BCUT2D eigenvalue weighted by molar-refractivity contribution is 6.76. The Kier molecular flexibility index (Phi) is 12.1. The van der Waals surface area contributed by atoms with Crippen LogP contribution in [0.3, 0.4) is 0 Å². The van der Waals surface area contributed by atoms with Crippen LogP contribution in [0, 0.1) is 0 Å². The quantitative estimate of drug-likeness (QED) is 0.253. The van der Waals surface area contributed by atoms with Crippen LogP contribution in [0.15, 0.2) is 0 Å². The Morgan fingerprint density at radius 1 is 0.778 bits per heavy atom. The van der Waals surface area contributed by atoms with Crippen LogP contribution >= 0.6 is 0 Å². The zero-order chi connectivity index (χ0) is 28.7. The summed E-state index contributed by atoms with van der Waals surface area (Å²) in [6.07, 6.45) is -1.43. The van der Waals surface area contributed by atoms with Crippen LogP contribution in [0.2, 0.25) is 25.7 Å². The van der Waals surface area contributed by atoms with Crippen molar-refractivity contribution in [3.05, 3.63) is 0 Å². The third-order valence-corrected chi connectivity index (χ3v) is 5.96. The number of rotatable bonds is 10. The van der Waals surface area contributed by atoms with Crippen molar-refractivity contribution in [2.24, 2.45) is 5.73 Å². The van der Waals surface area contributed by atoms with E-state index in [4.69, 9.17) is 24.7 Å². The Morgan fingerprint density at radius 2 is 1.25 bits per heavy atom. The maximum absolute atomic E-state index is 13.2. The van der Waals surface area contributed by atoms with Crippen LogP contribution in [0.4, 0.5) is 4.79 Å². The molecule has 0 fully saturated rings. The van der Waals surface area contributed by atoms with Gasteiger partial charge in [-0.15, -0.1) is 0 Å². The van der Waals surface area contributed by atoms with Gasteiger partial charge in [0.05, 0.1) is 19.6 Å². The first kappa shape index (κ1) is 33.9. The molecule has 10 nitrogen and oxygen atoms in total. The van der Waals surface area contributed by atoms with Gasteiger partial charge in [-0.3, -0.25) is 14.5 Å². The molecule has 0 aliphatic rings. The number of nitrogens with zero attached hydrogens (tertiary/aromatic N) is 1. The molecule has 1 amide bonds. The molecule has 0 aliphatic carbocycles. The van der Waals surface area contributed by atoms with Gasteiger partial charge in [0.1, 0.15) is 28.9 Å². The van der Waals surface area contributed by atoms with E-state index in [1.807, 2.05) is 0 Å². The predicted molar refractivity (Wildman–Crippen MR) is 140 cm³/mol. The number of ether oxygens (including phenoxy) is 4. The summed E-state index contributed by atoms with van der Waals surface area (Å²) < 4.78 is 21.6. The smallest absolute Gasteiger partial charge is 0.411 e. The fourth-order valence-corrected chi connectivity index (χ4v) is 3.45. The number of amides is 1. The Morgan fingerprint density at radius 3 is 1.67 bits per heavy atom. The molecule has 36 heavy (non-hydrogen) atoms. The number of hydrogen-bond donors (Lipinski definition) is 1. The van der Waals surface area contributed by atoms with E-state index in [2.05, 4.69) is 19.6 Å². The molecular weight excluding hydrogens is 484 g/mol. The van der Waals surface area contributed by atoms with Crippen molar-refractivity contribution in [1.82, 2.24) is 4.90 Å². The lowest BCUT2D eigenvalue weighted by Crippen LogP contribution is -2.55. The van der Waals surface area contributed by atoms with Crippen molar-refractivity contribution >= 4 is 32.1 Å². The molecule has 0 saturated heterocycles. The molecule has 2 atom stereocenters. The molecule has 0 aromatic heterocycles. The van der Waals surface area contributed by atoms with Crippen molar-refractivity contribution in [2.45, 2.75) is 123 Å². The zero-order valence-corrected chi connectivity index (χ0v) is 25.3. The molecule has 0 unspecified atom stereocenters. The van der Waals surface area contributed by atoms with Gasteiger partial charge in [-0.2, -0.15) is 0 Å². The highest BCUT2D eigenvalue weighted by Crippen LogP contribution is 2.20. The second kappa shape index (κ2) is 12.9. The van der Waals surface area contributed by atoms with E-state index < -0.39 is 73.9 Å². The van der Waals surface area contributed by atoms with Gasteiger partial charge in [-0.25, -0.2) is 9.59 Å². The Labute approximate surface area is 217 Å². The van der Waals surface area contributed by atoms with Crippen molar-refractivity contribution in [2.75, 3.05) is 13.2 Å². The number of nitrogens with two attached hydrogens (primary N) is 1. The lowest BCUT2D eigenvalue weighted by Gasteiger charge is -2.35. The molecule has 0 heterocycles. The second-order valence-corrected chi connectivity index (χ2v) is 18.7. The summed E-state index contributed by atoms with van der Waals surface area (Å²) in [6.45, 7) is 21.2. The molecular formula is C25H48N2O8Si. The minimum absolute atomic E-state index is 0.210. The summed E-state index contributed by atoms with van der Waals surface area (Å²) in [6, 6.07) is -1.96. The van der Waals surface area contributed by atoms with Crippen molar-refractivity contribution in [3.63, 3.8) is 0 Å². The van der Waals surface area contributed by atoms with Gasteiger partial charge >= 0.3 is 24.0 Å². The SMILES string of the molecule is CC(C)(C)OC(=O)C[C@@H](C(=O)OC(C)(C)C)N(C[C@@H](N)C(=O)OCC[Si](C)(C)C)C(=O)OC(C)(C)C. The topological polar surface area (TPSA) is 134 Å². The minimum Gasteiger partial charge on any atom is -0.465 e. The molecule has 0 aliphatic heterocycles. The van der Waals surface area contributed by atoms with Gasteiger partial charge in [-0.05, 0) is 68.4 Å². The fraction of sp³-hybridized carbons (Fsp3) is 0.840. The molecule has 0 saturated carbocycles. The summed E-state index contributed by atoms with van der Waals surface area (Å²) in [4.78, 5) is 52.6. The van der Waals surface area contributed by atoms with Gasteiger partial charge in [0.25, 0.3) is 0 Å². The Hall–Kier alpha value is -2.14. The molecule has 11 heteroatoms. The number of esters is 3. The summed E-state index contributed by atoms with van der Waals surface area (Å²) in [5, 5.41) is 0. The number of hydrogen-bond acceptors (Lipinski definition) is 9. The Bertz CT molecular complexity index is 773. The van der Waals surface area contributed by atoms with E-state index in [1.54, 1.807) is 62.3 Å². The predicted octanol–water partition coefficient (Wildman–Crippen LogP) is 3.87. The standard InChI is InChI=1S/C25H48N2O8Si/c1-23(2,3)33-19(28)15-18(21(30)34-24(4,5)6)27(22(31)35-25(7,8)9)16-17(26)20(29)32-13-14-36(10,11)12/h17-18H,13-16,26H2,1-12H3/t17-,18+/m1/s1. The average molecular weight is 533 g/mol. The normalized spacial score (nSPS) is 14.4. The fourth-order valence-electron chi connectivity index (χ4n) is 2.73. The summed E-state index contributed by atoms with van der Waals surface area (Å²) in [7, 11) is -1.44. The third kappa shape index (κ3) is 15.8. The highest BCUT2D eigenvalue weighted by Gasteiger charge is 2.40. The summed E-state index contributed by atoms with van der Waals surface area (Å²) in [5.41, 5.74) is 3.45. The van der Waals surface area contributed by atoms with E-state index in [1.165, 1.54) is 0 Å². The van der Waals surface area contributed by atoms with Crippen LogP contribution < -0.4 is 5.73 Å². The first-order valence-corrected chi connectivity index (χ1v) is 16.0. The first-order valence-electron chi connectivity index (χ1n) is 12.3. The largest absolute Gasteiger partial charge is 0.465 e. The molecule has 0 radical (unpaired) electrons. The molecule has 0 bridgehead atoms. The van der Waals surface area contributed by atoms with Crippen molar-refractivity contribution < 1.29 is 38.1 Å². The van der Waals surface area contributed by atoms with E-state index in [9.17, 15) is 19.2 Å². The molecule has 0 spiro atoms. The summed E-state index contributed by atoms with van der Waals surface area (Å²) >= 11 is 0. The molecule has 0 aromatic rings. The van der Waals surface area contributed by atoms with Gasteiger partial charge in [0, 0.05) is 8.07 Å². The van der Waals surface area contributed by atoms with Crippen molar-refractivity contribution in [3.8, 4) is 0 Å². The third-order valence-electron chi connectivity index (χ3n) is 4.26. The van der Waals surface area contributed by atoms with E-state index in [0.717, 1.165) is 10.9 Å². The molecule has 0 aromatic carbocycles. The lowest BCUT2D eigenvalue weighted by atomic mass is 10.1. The monoisotopic (exact) mass is 532 g/mol. The van der Waals surface area contributed by atoms with E-state index in [-0.39, 0.29) is 6.61 Å². The van der Waals surface area contributed by atoms with Crippen LogP contribution in [0.25, 0.3) is 0 Å². The van der Waals surface area contributed by atoms with Gasteiger partial charge in [0.15, 0.2) is 0 Å². The molecule has 210 valence electrons. The number of carbonyl (C=O) groups is 4. The highest BCUT2D eigenvalue weighted by atomic mass is 28.3. The molecule has 0 rings (SSSR count). The van der Waals surface area contributed by atoms with E-state index in [0.29, 0.717) is 0 Å².